The van der Waals surface area contributed by atoms with Gasteiger partial charge in [-0.1, -0.05) is 48.5 Å². The Balaban J connectivity index is 1.40. The summed E-state index contributed by atoms with van der Waals surface area (Å²) in [4.78, 5) is 20.3. The fourth-order valence-corrected chi connectivity index (χ4v) is 4.66. The highest BCUT2D eigenvalue weighted by molar-refractivity contribution is 7.80. The quantitative estimate of drug-likeness (QED) is 0.228. The zero-order chi connectivity index (χ0) is 24.3. The Morgan fingerprint density at radius 3 is 2.44 bits per heavy atom. The first-order valence-corrected chi connectivity index (χ1v) is 11.7. The summed E-state index contributed by atoms with van der Waals surface area (Å²) in [7, 11) is 0. The molecule has 1 heterocycles. The highest BCUT2D eigenvalue weighted by Crippen LogP contribution is 2.34. The van der Waals surface area contributed by atoms with Crippen LogP contribution < -0.4 is 9.64 Å². The van der Waals surface area contributed by atoms with Crippen molar-refractivity contribution in [3.63, 3.8) is 0 Å². The van der Waals surface area contributed by atoms with Crippen LogP contribution in [0.1, 0.15) is 25.8 Å². The molecule has 1 aliphatic heterocycles. The lowest BCUT2D eigenvalue weighted by atomic mass is 10.0. The average Bonchev–Trinajstić information content (AvgIpc) is 3.01. The van der Waals surface area contributed by atoms with Gasteiger partial charge in [-0.2, -0.15) is 0 Å². The van der Waals surface area contributed by atoms with E-state index in [4.69, 9.17) is 23.5 Å². The standard InChI is InChI=1S/C28H27N3O2S/c1-20-18-23(14-15-25(20)29-4)31-26(32)28(2,3)30(27(31)34)16-9-17-33-24-13-8-12-22(19-24)21-10-6-5-7-11-21/h5-8,10-15,18-19H,9,16-17H2,1-3H3. The van der Waals surface area contributed by atoms with Gasteiger partial charge in [0.25, 0.3) is 5.91 Å². The molecule has 34 heavy (non-hydrogen) atoms. The Bertz CT molecular complexity index is 1260. The SMILES string of the molecule is [C-]#[N+]c1ccc(N2C(=O)C(C)(C)N(CCCOc3cccc(-c4ccccc4)c3)C2=S)cc1C. The molecule has 0 aliphatic carbocycles. The number of carbonyl (C=O) groups excluding carboxylic acids is 1. The molecule has 0 bridgehead atoms. The van der Waals surface area contributed by atoms with Crippen molar-refractivity contribution < 1.29 is 9.53 Å². The number of carbonyl (C=O) groups is 1. The Labute approximate surface area is 206 Å². The Kier molecular flexibility index (Phi) is 6.67. The van der Waals surface area contributed by atoms with E-state index in [1.54, 1.807) is 17.0 Å². The largest absolute Gasteiger partial charge is 0.494 e. The summed E-state index contributed by atoms with van der Waals surface area (Å²) in [5.41, 5.74) is 3.61. The average molecular weight is 470 g/mol. The lowest BCUT2D eigenvalue weighted by molar-refractivity contribution is -0.123. The fourth-order valence-electron chi connectivity index (χ4n) is 4.15. The van der Waals surface area contributed by atoms with Gasteiger partial charge in [-0.15, -0.1) is 0 Å². The molecule has 0 spiro atoms. The summed E-state index contributed by atoms with van der Waals surface area (Å²) in [6.45, 7) is 14.0. The van der Waals surface area contributed by atoms with E-state index in [-0.39, 0.29) is 5.91 Å². The number of aryl methyl sites for hydroxylation is 1. The number of anilines is 1. The molecule has 5 nitrogen and oxygen atoms in total. The number of ether oxygens (including phenoxy) is 1. The van der Waals surface area contributed by atoms with Crippen LogP contribution in [0.4, 0.5) is 11.4 Å². The van der Waals surface area contributed by atoms with Gasteiger partial charge in [0, 0.05) is 12.2 Å². The van der Waals surface area contributed by atoms with Crippen LogP contribution in [0, 0.1) is 13.5 Å². The minimum atomic E-state index is -0.753. The molecule has 3 aromatic carbocycles. The maximum Gasteiger partial charge on any atom is 0.258 e. The molecule has 0 radical (unpaired) electrons. The second-order valence-corrected chi connectivity index (χ2v) is 9.18. The van der Waals surface area contributed by atoms with Crippen molar-refractivity contribution in [2.45, 2.75) is 32.7 Å². The predicted octanol–water partition coefficient (Wildman–Crippen LogP) is 6.39. The van der Waals surface area contributed by atoms with Crippen molar-refractivity contribution in [3.05, 3.63) is 89.8 Å². The summed E-state index contributed by atoms with van der Waals surface area (Å²) in [5, 5.41) is 0.482. The summed E-state index contributed by atoms with van der Waals surface area (Å²) in [5.74, 6) is 0.752. The second kappa shape index (κ2) is 9.66. The zero-order valence-electron chi connectivity index (χ0n) is 19.6. The van der Waals surface area contributed by atoms with E-state index in [1.165, 1.54) is 0 Å². The van der Waals surface area contributed by atoms with Gasteiger partial charge in [0.05, 0.1) is 13.2 Å². The topological polar surface area (TPSA) is 37.1 Å². The molecule has 1 fully saturated rings. The minimum absolute atomic E-state index is 0.0658. The molecule has 0 N–H and O–H groups in total. The van der Waals surface area contributed by atoms with Gasteiger partial charge < -0.3 is 9.64 Å². The summed E-state index contributed by atoms with van der Waals surface area (Å²) in [6.07, 6.45) is 0.718. The van der Waals surface area contributed by atoms with Crippen LogP contribution in [0.5, 0.6) is 5.75 Å². The number of rotatable bonds is 7. The fraction of sp³-hybridized carbons (Fsp3) is 0.250. The lowest BCUT2D eigenvalue weighted by Gasteiger charge is -2.29. The highest BCUT2D eigenvalue weighted by atomic mass is 32.1. The molecule has 0 saturated carbocycles. The molecule has 1 saturated heterocycles. The normalized spacial score (nSPS) is 14.9. The third-order valence-corrected chi connectivity index (χ3v) is 6.52. The molecule has 3 aromatic rings. The first-order chi connectivity index (χ1) is 16.3. The Hall–Kier alpha value is -3.69. The van der Waals surface area contributed by atoms with Gasteiger partial charge in [0.15, 0.2) is 10.8 Å². The second-order valence-electron chi connectivity index (χ2n) is 8.81. The van der Waals surface area contributed by atoms with E-state index >= 15 is 0 Å². The van der Waals surface area contributed by atoms with Crippen LogP contribution in [0.15, 0.2) is 72.8 Å². The Morgan fingerprint density at radius 2 is 1.74 bits per heavy atom. The van der Waals surface area contributed by atoms with E-state index in [2.05, 4.69) is 23.0 Å². The number of amides is 1. The van der Waals surface area contributed by atoms with Crippen LogP contribution in [0.25, 0.3) is 16.0 Å². The first-order valence-electron chi connectivity index (χ1n) is 11.3. The lowest BCUT2D eigenvalue weighted by Crippen LogP contribution is -2.44. The predicted molar refractivity (Wildman–Crippen MR) is 140 cm³/mol. The maximum atomic E-state index is 13.2. The van der Waals surface area contributed by atoms with Crippen LogP contribution in [-0.4, -0.2) is 34.6 Å². The third-order valence-electron chi connectivity index (χ3n) is 6.12. The summed E-state index contributed by atoms with van der Waals surface area (Å²) in [6, 6.07) is 23.6. The summed E-state index contributed by atoms with van der Waals surface area (Å²) >= 11 is 5.72. The zero-order valence-corrected chi connectivity index (χ0v) is 20.4. The molecule has 1 amide bonds. The minimum Gasteiger partial charge on any atom is -0.494 e. The maximum absolute atomic E-state index is 13.2. The molecule has 0 aromatic heterocycles. The molecular weight excluding hydrogens is 442 g/mol. The molecule has 0 unspecified atom stereocenters. The number of hydrogen-bond donors (Lipinski definition) is 0. The van der Waals surface area contributed by atoms with E-state index in [0.29, 0.717) is 29.6 Å². The smallest absolute Gasteiger partial charge is 0.258 e. The molecule has 1 aliphatic rings. The van der Waals surface area contributed by atoms with Crippen LogP contribution in [0.3, 0.4) is 0 Å². The molecule has 4 rings (SSSR count). The molecule has 6 heteroatoms. The van der Waals surface area contributed by atoms with E-state index in [9.17, 15) is 4.79 Å². The van der Waals surface area contributed by atoms with Crippen molar-refractivity contribution in [1.82, 2.24) is 4.90 Å². The van der Waals surface area contributed by atoms with Crippen LogP contribution >= 0.6 is 12.2 Å². The highest BCUT2D eigenvalue weighted by Gasteiger charge is 2.49. The van der Waals surface area contributed by atoms with E-state index < -0.39 is 5.54 Å². The molecule has 172 valence electrons. The third kappa shape index (κ3) is 4.52. The number of benzene rings is 3. The van der Waals surface area contributed by atoms with E-state index in [1.807, 2.05) is 68.1 Å². The van der Waals surface area contributed by atoms with Gasteiger partial charge in [0.1, 0.15) is 11.3 Å². The van der Waals surface area contributed by atoms with Crippen LogP contribution in [-0.2, 0) is 4.79 Å². The number of thiocarbonyl (C=S) groups is 1. The first kappa shape index (κ1) is 23.5. The van der Waals surface area contributed by atoms with Crippen molar-refractivity contribution in [1.29, 1.82) is 0 Å². The van der Waals surface area contributed by atoms with Gasteiger partial charge in [0.2, 0.25) is 0 Å². The van der Waals surface area contributed by atoms with Crippen molar-refractivity contribution in [3.8, 4) is 16.9 Å². The monoisotopic (exact) mass is 469 g/mol. The number of nitrogens with zero attached hydrogens (tertiary/aromatic N) is 3. The molecular formula is C28H27N3O2S. The van der Waals surface area contributed by atoms with Crippen molar-refractivity contribution >= 4 is 34.6 Å². The van der Waals surface area contributed by atoms with Gasteiger partial charge >= 0.3 is 0 Å². The number of hydrogen-bond acceptors (Lipinski definition) is 3. The Morgan fingerprint density at radius 1 is 1.00 bits per heavy atom. The van der Waals surface area contributed by atoms with Gasteiger partial charge in [-0.3, -0.25) is 9.69 Å². The van der Waals surface area contributed by atoms with Crippen LogP contribution in [0.2, 0.25) is 0 Å². The summed E-state index contributed by atoms with van der Waals surface area (Å²) < 4.78 is 6.01. The van der Waals surface area contributed by atoms with Crippen molar-refractivity contribution in [2.75, 3.05) is 18.1 Å². The van der Waals surface area contributed by atoms with Crippen molar-refractivity contribution in [2.24, 2.45) is 0 Å². The molecule has 0 atom stereocenters. The van der Waals surface area contributed by atoms with Gasteiger partial charge in [-0.05, 0) is 80.4 Å². The van der Waals surface area contributed by atoms with E-state index in [0.717, 1.165) is 28.9 Å². The van der Waals surface area contributed by atoms with Gasteiger partial charge in [-0.25, -0.2) is 4.85 Å².